The highest BCUT2D eigenvalue weighted by atomic mass is 16.5. The van der Waals surface area contributed by atoms with Gasteiger partial charge in [0, 0.05) is 20.1 Å². The monoisotopic (exact) mass is 238 g/mol. The van der Waals surface area contributed by atoms with Gasteiger partial charge < -0.3 is 14.3 Å². The number of carbonyl (C=O) groups excluding carboxylic acids is 3. The largest absolute Gasteiger partial charge is 0.365 e. The normalized spacial score (nSPS) is 43.8. The fraction of sp³-hybridized carbons (Fsp3) is 0.583. The van der Waals surface area contributed by atoms with Crippen LogP contribution in [0.1, 0.15) is 6.42 Å². The highest BCUT2D eigenvalue weighted by Gasteiger charge is 2.64. The zero-order chi connectivity index (χ0) is 12.7. The maximum Gasteiger partial charge on any atom is 0.208 e. The van der Waals surface area contributed by atoms with E-state index < -0.39 is 28.8 Å². The number of hydrogen-bond acceptors (Lipinski definition) is 5. The first-order chi connectivity index (χ1) is 8.11. The van der Waals surface area contributed by atoms with Crippen LogP contribution in [0.2, 0.25) is 0 Å². The first-order valence-corrected chi connectivity index (χ1v) is 5.37. The molecule has 5 heteroatoms. The molecular weight excluding hydrogens is 224 g/mol. The molecule has 3 aliphatic carbocycles. The predicted molar refractivity (Wildman–Crippen MR) is 57.4 cm³/mol. The van der Waals surface area contributed by atoms with Crippen LogP contribution >= 0.6 is 0 Å². The van der Waals surface area contributed by atoms with Crippen LogP contribution in [0.25, 0.3) is 0 Å². The number of fused-ring (bicyclic) bond motifs is 2. The van der Waals surface area contributed by atoms with Gasteiger partial charge in [-0.15, -0.1) is 0 Å². The van der Waals surface area contributed by atoms with Gasteiger partial charge in [0.1, 0.15) is 6.29 Å². The van der Waals surface area contributed by atoms with Gasteiger partial charge in [0.25, 0.3) is 0 Å². The number of aldehydes is 2. The Hall–Kier alpha value is -1.33. The number of Topliss-reactive ketones (excluding diaryl/α,β-unsaturated/α-hetero) is 1. The van der Waals surface area contributed by atoms with Crippen molar-refractivity contribution in [3.63, 3.8) is 0 Å². The minimum atomic E-state index is -1.51. The van der Waals surface area contributed by atoms with E-state index in [0.29, 0.717) is 19.0 Å². The third-order valence-corrected chi connectivity index (χ3v) is 3.91. The number of carbonyl (C=O) groups is 3. The summed E-state index contributed by atoms with van der Waals surface area (Å²) in [4.78, 5) is 34.7. The van der Waals surface area contributed by atoms with E-state index in [1.807, 2.05) is 0 Å². The van der Waals surface area contributed by atoms with Gasteiger partial charge in [0.2, 0.25) is 5.78 Å². The first-order valence-electron chi connectivity index (χ1n) is 5.37. The van der Waals surface area contributed by atoms with Crippen molar-refractivity contribution in [2.24, 2.45) is 11.8 Å². The van der Waals surface area contributed by atoms with Crippen LogP contribution in [-0.4, -0.2) is 43.8 Å². The highest BCUT2D eigenvalue weighted by Crippen LogP contribution is 2.48. The third kappa shape index (κ3) is 1.23. The summed E-state index contributed by atoms with van der Waals surface area (Å²) in [6.07, 6.45) is 4.90. The van der Waals surface area contributed by atoms with Crippen molar-refractivity contribution in [1.29, 1.82) is 0 Å². The lowest BCUT2D eigenvalue weighted by Gasteiger charge is -2.50. The Morgan fingerprint density at radius 2 is 2.06 bits per heavy atom. The topological polar surface area (TPSA) is 69.7 Å². The van der Waals surface area contributed by atoms with Gasteiger partial charge in [-0.3, -0.25) is 9.59 Å². The third-order valence-electron chi connectivity index (χ3n) is 3.91. The van der Waals surface area contributed by atoms with Crippen molar-refractivity contribution in [2.45, 2.75) is 17.6 Å². The molecule has 17 heavy (non-hydrogen) atoms. The molecule has 0 aliphatic heterocycles. The van der Waals surface area contributed by atoms with E-state index in [0.717, 1.165) is 0 Å². The lowest BCUT2D eigenvalue weighted by atomic mass is 9.58. The molecule has 0 heterocycles. The van der Waals surface area contributed by atoms with Crippen molar-refractivity contribution in [3.8, 4) is 0 Å². The number of ketones is 1. The molecule has 0 saturated heterocycles. The van der Waals surface area contributed by atoms with Gasteiger partial charge in [-0.1, -0.05) is 6.08 Å². The van der Waals surface area contributed by atoms with Crippen molar-refractivity contribution in [2.75, 3.05) is 14.2 Å². The van der Waals surface area contributed by atoms with Crippen LogP contribution in [0.3, 0.4) is 0 Å². The molecule has 4 atom stereocenters. The summed E-state index contributed by atoms with van der Waals surface area (Å²) in [5.74, 6) is -1.44. The zero-order valence-corrected chi connectivity index (χ0v) is 9.71. The van der Waals surface area contributed by atoms with Crippen molar-refractivity contribution in [1.82, 2.24) is 0 Å². The Morgan fingerprint density at radius 3 is 2.53 bits per heavy atom. The molecule has 0 unspecified atom stereocenters. The quantitative estimate of drug-likeness (QED) is 0.389. The summed E-state index contributed by atoms with van der Waals surface area (Å²) in [7, 11) is 2.68. The van der Waals surface area contributed by atoms with Crippen LogP contribution < -0.4 is 0 Å². The summed E-state index contributed by atoms with van der Waals surface area (Å²) < 4.78 is 10.4. The molecule has 92 valence electrons. The van der Waals surface area contributed by atoms with Crippen LogP contribution in [-0.2, 0) is 23.9 Å². The van der Waals surface area contributed by atoms with Gasteiger partial charge in [-0.05, 0) is 12.5 Å². The molecule has 5 nitrogen and oxygen atoms in total. The van der Waals surface area contributed by atoms with Gasteiger partial charge in [0.05, 0.1) is 5.92 Å². The van der Waals surface area contributed by atoms with E-state index in [9.17, 15) is 14.4 Å². The Balaban J connectivity index is 2.58. The van der Waals surface area contributed by atoms with Crippen molar-refractivity contribution in [3.05, 3.63) is 12.2 Å². The van der Waals surface area contributed by atoms with E-state index in [-0.39, 0.29) is 0 Å². The van der Waals surface area contributed by atoms with E-state index in [1.165, 1.54) is 14.2 Å². The van der Waals surface area contributed by atoms with E-state index >= 15 is 0 Å². The zero-order valence-electron chi connectivity index (χ0n) is 9.71. The molecule has 1 fully saturated rings. The lowest BCUT2D eigenvalue weighted by molar-refractivity contribution is -0.184. The minimum absolute atomic E-state index is 0.381. The van der Waals surface area contributed by atoms with Crippen LogP contribution in [0.15, 0.2) is 12.2 Å². The summed E-state index contributed by atoms with van der Waals surface area (Å²) in [5, 5.41) is 0. The Kier molecular flexibility index (Phi) is 2.75. The number of methoxy groups -OCH3 is 2. The smallest absolute Gasteiger partial charge is 0.208 e. The molecule has 0 spiro atoms. The number of ether oxygens (including phenoxy) is 2. The summed E-state index contributed by atoms with van der Waals surface area (Å²) in [6, 6.07) is 0. The average Bonchev–Trinajstić information content (AvgIpc) is 2.40. The maximum absolute atomic E-state index is 12.4. The second-order valence-corrected chi connectivity index (χ2v) is 4.39. The average molecular weight is 238 g/mol. The maximum atomic E-state index is 12.4. The predicted octanol–water partition coefficient (Wildman–Crippen LogP) is -0.0704. The SMILES string of the molecule is CO[C@]12C=C[C@H](C[C@@H]1C=O)[C@](C=O)(OC)C2=O. The van der Waals surface area contributed by atoms with Crippen molar-refractivity contribution >= 4 is 18.4 Å². The molecule has 0 amide bonds. The second-order valence-electron chi connectivity index (χ2n) is 4.39. The number of rotatable bonds is 4. The summed E-state index contributed by atoms with van der Waals surface area (Å²) in [6.45, 7) is 0. The molecule has 0 aromatic carbocycles. The van der Waals surface area contributed by atoms with Gasteiger partial charge in [-0.2, -0.15) is 0 Å². The Bertz CT molecular complexity index is 402. The highest BCUT2D eigenvalue weighted by molar-refractivity contribution is 6.11. The summed E-state index contributed by atoms with van der Waals surface area (Å²) in [5.41, 5.74) is -2.86. The molecule has 2 bridgehead atoms. The molecule has 3 rings (SSSR count). The van der Waals surface area contributed by atoms with E-state index in [2.05, 4.69) is 0 Å². The Labute approximate surface area is 98.8 Å². The first kappa shape index (κ1) is 12.1. The molecule has 0 aromatic heterocycles. The van der Waals surface area contributed by atoms with E-state index in [4.69, 9.17) is 9.47 Å². The number of hydrogen-bond donors (Lipinski definition) is 0. The molecule has 3 aliphatic rings. The fourth-order valence-corrected chi connectivity index (χ4v) is 2.85. The Morgan fingerprint density at radius 1 is 1.35 bits per heavy atom. The minimum Gasteiger partial charge on any atom is -0.365 e. The molecule has 0 N–H and O–H groups in total. The summed E-state index contributed by atoms with van der Waals surface area (Å²) >= 11 is 0. The molecule has 1 saturated carbocycles. The lowest BCUT2D eigenvalue weighted by Crippen LogP contribution is -2.68. The molecule has 0 aromatic rings. The van der Waals surface area contributed by atoms with Gasteiger partial charge >= 0.3 is 0 Å². The second kappa shape index (κ2) is 3.85. The fourth-order valence-electron chi connectivity index (χ4n) is 2.85. The standard InChI is InChI=1S/C12H14O5/c1-16-11-4-3-8(5-9(11)6-13)12(7-14,17-2)10(11)15/h3-4,6-9H,5H2,1-2H3/t8-,9-,11-,12+/m1/s1. The van der Waals surface area contributed by atoms with Crippen LogP contribution in [0.4, 0.5) is 0 Å². The van der Waals surface area contributed by atoms with Crippen LogP contribution in [0.5, 0.6) is 0 Å². The van der Waals surface area contributed by atoms with Crippen LogP contribution in [0, 0.1) is 11.8 Å². The van der Waals surface area contributed by atoms with Gasteiger partial charge in [-0.25, -0.2) is 0 Å². The molecule has 0 radical (unpaired) electrons. The molecular formula is C12H14O5. The van der Waals surface area contributed by atoms with Gasteiger partial charge in [0.15, 0.2) is 17.5 Å². The van der Waals surface area contributed by atoms with Crippen molar-refractivity contribution < 1.29 is 23.9 Å². The van der Waals surface area contributed by atoms with E-state index in [1.54, 1.807) is 12.2 Å².